The lowest BCUT2D eigenvalue weighted by molar-refractivity contribution is -0.154. The molecule has 1 aliphatic heterocycles. The zero-order valence-corrected chi connectivity index (χ0v) is 11.6. The number of rotatable bonds is 7. The van der Waals surface area contributed by atoms with Crippen molar-refractivity contribution in [1.29, 1.82) is 0 Å². The quantitative estimate of drug-likeness (QED) is 0.645. The van der Waals surface area contributed by atoms with E-state index in [2.05, 4.69) is 23.7 Å². The van der Waals surface area contributed by atoms with Gasteiger partial charge in [0.2, 0.25) is 0 Å². The molecule has 0 spiro atoms. The van der Waals surface area contributed by atoms with Gasteiger partial charge in [-0.1, -0.05) is 18.8 Å². The van der Waals surface area contributed by atoms with Gasteiger partial charge in [-0.05, 0) is 25.8 Å². The standard InChI is InChI=1S/C14H25NO3/c1-3-15(10-13-16-2)9-5-7-12-18-14-8-4-6-11-17-14/h14H,3-4,6,8-13H2,1-2H3. The highest BCUT2D eigenvalue weighted by atomic mass is 16.7. The SMILES string of the molecule is CCN(CC#CCOC1CCCCO1)CCOC. The number of methoxy groups -OCH3 is 1. The number of hydrogen-bond donors (Lipinski definition) is 0. The first-order valence-electron chi connectivity index (χ1n) is 6.77. The van der Waals surface area contributed by atoms with Crippen LogP contribution in [0.4, 0.5) is 0 Å². The molecule has 0 amide bonds. The molecule has 0 aromatic rings. The molecule has 1 rings (SSSR count). The Morgan fingerprint density at radius 1 is 1.33 bits per heavy atom. The predicted octanol–water partition coefficient (Wildman–Crippen LogP) is 1.50. The average Bonchev–Trinajstić information content (AvgIpc) is 2.43. The number of likely N-dealkylation sites (N-methyl/N-ethyl adjacent to an activating group) is 1. The largest absolute Gasteiger partial charge is 0.383 e. The Bertz CT molecular complexity index is 254. The Morgan fingerprint density at radius 2 is 2.22 bits per heavy atom. The topological polar surface area (TPSA) is 30.9 Å². The van der Waals surface area contributed by atoms with Gasteiger partial charge in [0.05, 0.1) is 13.2 Å². The molecule has 0 aromatic heterocycles. The lowest BCUT2D eigenvalue weighted by atomic mass is 10.2. The van der Waals surface area contributed by atoms with Crippen molar-refractivity contribution in [1.82, 2.24) is 4.90 Å². The molecule has 1 heterocycles. The van der Waals surface area contributed by atoms with Gasteiger partial charge >= 0.3 is 0 Å². The second-order valence-electron chi connectivity index (χ2n) is 4.32. The maximum absolute atomic E-state index is 5.54. The van der Waals surface area contributed by atoms with Crippen molar-refractivity contribution in [2.24, 2.45) is 0 Å². The van der Waals surface area contributed by atoms with Gasteiger partial charge < -0.3 is 14.2 Å². The van der Waals surface area contributed by atoms with Gasteiger partial charge in [0, 0.05) is 20.3 Å². The highest BCUT2D eigenvalue weighted by molar-refractivity contribution is 5.01. The van der Waals surface area contributed by atoms with E-state index in [1.54, 1.807) is 7.11 Å². The van der Waals surface area contributed by atoms with Crippen molar-refractivity contribution in [3.63, 3.8) is 0 Å². The van der Waals surface area contributed by atoms with Crippen LogP contribution in [0.2, 0.25) is 0 Å². The van der Waals surface area contributed by atoms with E-state index in [1.165, 1.54) is 6.42 Å². The summed E-state index contributed by atoms with van der Waals surface area (Å²) in [6.07, 6.45) is 3.30. The van der Waals surface area contributed by atoms with Crippen LogP contribution in [0.3, 0.4) is 0 Å². The number of nitrogens with zero attached hydrogens (tertiary/aromatic N) is 1. The van der Waals surface area contributed by atoms with Gasteiger partial charge in [-0.15, -0.1) is 0 Å². The molecule has 0 N–H and O–H groups in total. The molecule has 4 nitrogen and oxygen atoms in total. The monoisotopic (exact) mass is 255 g/mol. The molecule has 1 fully saturated rings. The molecule has 4 heteroatoms. The van der Waals surface area contributed by atoms with Crippen molar-refractivity contribution < 1.29 is 14.2 Å². The first-order valence-corrected chi connectivity index (χ1v) is 6.77. The van der Waals surface area contributed by atoms with Crippen LogP contribution in [0.5, 0.6) is 0 Å². The second kappa shape index (κ2) is 10.3. The Balaban J connectivity index is 2.08. The zero-order chi connectivity index (χ0) is 13.1. The summed E-state index contributed by atoms with van der Waals surface area (Å²) >= 11 is 0. The Kier molecular flexibility index (Phi) is 8.87. The summed E-state index contributed by atoms with van der Waals surface area (Å²) in [5.74, 6) is 6.16. The molecule has 1 saturated heterocycles. The first kappa shape index (κ1) is 15.5. The zero-order valence-electron chi connectivity index (χ0n) is 11.6. The molecule has 1 aliphatic rings. The Hall–Kier alpha value is -0.600. The summed E-state index contributed by atoms with van der Waals surface area (Å²) < 4.78 is 16.1. The predicted molar refractivity (Wildman–Crippen MR) is 71.3 cm³/mol. The van der Waals surface area contributed by atoms with E-state index < -0.39 is 0 Å². The summed E-state index contributed by atoms with van der Waals surface area (Å²) in [4.78, 5) is 2.24. The fourth-order valence-electron chi connectivity index (χ4n) is 1.77. The van der Waals surface area contributed by atoms with Crippen molar-refractivity contribution in [2.75, 3.05) is 46.6 Å². The third kappa shape index (κ3) is 6.97. The molecular weight excluding hydrogens is 230 g/mol. The summed E-state index contributed by atoms with van der Waals surface area (Å²) in [5.41, 5.74) is 0. The molecule has 1 unspecified atom stereocenters. The lowest BCUT2D eigenvalue weighted by Crippen LogP contribution is -2.27. The minimum absolute atomic E-state index is 0.0381. The van der Waals surface area contributed by atoms with Crippen LogP contribution in [-0.4, -0.2) is 57.8 Å². The van der Waals surface area contributed by atoms with E-state index in [9.17, 15) is 0 Å². The third-order valence-electron chi connectivity index (χ3n) is 2.97. The summed E-state index contributed by atoms with van der Waals surface area (Å²) in [6.45, 7) is 6.85. The first-order chi connectivity index (χ1) is 8.86. The molecule has 0 aromatic carbocycles. The van der Waals surface area contributed by atoms with Gasteiger partial charge in [0.1, 0.15) is 6.61 Å². The van der Waals surface area contributed by atoms with Crippen LogP contribution in [-0.2, 0) is 14.2 Å². The van der Waals surface area contributed by atoms with E-state index in [-0.39, 0.29) is 6.29 Å². The van der Waals surface area contributed by atoms with E-state index >= 15 is 0 Å². The smallest absolute Gasteiger partial charge is 0.158 e. The molecule has 0 bridgehead atoms. The summed E-state index contributed by atoms with van der Waals surface area (Å²) in [5, 5.41) is 0. The molecular formula is C14H25NO3. The fraction of sp³-hybridized carbons (Fsp3) is 0.857. The highest BCUT2D eigenvalue weighted by Crippen LogP contribution is 2.12. The number of ether oxygens (including phenoxy) is 3. The normalized spacial score (nSPS) is 19.6. The maximum atomic E-state index is 5.54. The molecule has 0 radical (unpaired) electrons. The van der Waals surface area contributed by atoms with Crippen LogP contribution in [0.1, 0.15) is 26.2 Å². The van der Waals surface area contributed by atoms with Crippen molar-refractivity contribution in [2.45, 2.75) is 32.5 Å². The average molecular weight is 255 g/mol. The van der Waals surface area contributed by atoms with Gasteiger partial charge in [-0.25, -0.2) is 0 Å². The van der Waals surface area contributed by atoms with Crippen LogP contribution in [0, 0.1) is 11.8 Å². The van der Waals surface area contributed by atoms with Crippen molar-refractivity contribution in [3.05, 3.63) is 0 Å². The van der Waals surface area contributed by atoms with E-state index in [0.717, 1.165) is 45.7 Å². The van der Waals surface area contributed by atoms with Crippen LogP contribution >= 0.6 is 0 Å². The van der Waals surface area contributed by atoms with Gasteiger partial charge in [-0.3, -0.25) is 4.90 Å². The summed E-state index contributed by atoms with van der Waals surface area (Å²) in [6, 6.07) is 0. The minimum atomic E-state index is -0.0381. The highest BCUT2D eigenvalue weighted by Gasteiger charge is 2.12. The van der Waals surface area contributed by atoms with E-state index in [1.807, 2.05) is 0 Å². The third-order valence-corrected chi connectivity index (χ3v) is 2.97. The van der Waals surface area contributed by atoms with Gasteiger partial charge in [0.25, 0.3) is 0 Å². The fourth-order valence-corrected chi connectivity index (χ4v) is 1.77. The second-order valence-corrected chi connectivity index (χ2v) is 4.32. The number of hydrogen-bond acceptors (Lipinski definition) is 4. The molecule has 1 atom stereocenters. The van der Waals surface area contributed by atoms with Crippen LogP contribution < -0.4 is 0 Å². The Labute approximate surface area is 111 Å². The van der Waals surface area contributed by atoms with Crippen LogP contribution in [0.15, 0.2) is 0 Å². The maximum Gasteiger partial charge on any atom is 0.158 e. The van der Waals surface area contributed by atoms with E-state index in [4.69, 9.17) is 14.2 Å². The van der Waals surface area contributed by atoms with Gasteiger partial charge in [-0.2, -0.15) is 0 Å². The summed E-state index contributed by atoms with van der Waals surface area (Å²) in [7, 11) is 1.72. The van der Waals surface area contributed by atoms with Crippen LogP contribution in [0.25, 0.3) is 0 Å². The van der Waals surface area contributed by atoms with Gasteiger partial charge in [0.15, 0.2) is 6.29 Å². The molecule has 0 saturated carbocycles. The lowest BCUT2D eigenvalue weighted by Gasteiger charge is -2.21. The van der Waals surface area contributed by atoms with E-state index in [0.29, 0.717) is 6.61 Å². The minimum Gasteiger partial charge on any atom is -0.383 e. The molecule has 104 valence electrons. The molecule has 18 heavy (non-hydrogen) atoms. The molecule has 0 aliphatic carbocycles. The van der Waals surface area contributed by atoms with Crippen molar-refractivity contribution >= 4 is 0 Å². The van der Waals surface area contributed by atoms with Crippen molar-refractivity contribution in [3.8, 4) is 11.8 Å². The Morgan fingerprint density at radius 3 is 2.89 bits per heavy atom.